The van der Waals surface area contributed by atoms with Gasteiger partial charge in [0, 0.05) is 29.7 Å². The van der Waals surface area contributed by atoms with Gasteiger partial charge in [-0.25, -0.2) is 9.97 Å². The van der Waals surface area contributed by atoms with E-state index in [0.717, 1.165) is 33.2 Å². The van der Waals surface area contributed by atoms with Crippen LogP contribution in [0.3, 0.4) is 0 Å². The second-order valence-electron chi connectivity index (χ2n) is 7.69. The number of nitrogens with zero attached hydrogens (tertiary/aromatic N) is 2. The van der Waals surface area contributed by atoms with E-state index >= 15 is 0 Å². The first-order chi connectivity index (χ1) is 16.4. The van der Waals surface area contributed by atoms with E-state index in [4.69, 9.17) is 0 Å². The van der Waals surface area contributed by atoms with Gasteiger partial charge in [0.2, 0.25) is 0 Å². The maximum Gasteiger partial charge on any atom is 0.573 e. The number of ether oxygens (including phenoxy) is 1. The molecule has 0 aliphatic carbocycles. The molecule has 0 bridgehead atoms. The smallest absolute Gasteiger partial charge is 0.405 e. The summed E-state index contributed by atoms with van der Waals surface area (Å²) >= 11 is 0. The molecule has 3 N–H and O–H groups in total. The van der Waals surface area contributed by atoms with Gasteiger partial charge in [-0.1, -0.05) is 30.3 Å². The molecule has 0 unspecified atom stereocenters. The zero-order valence-electron chi connectivity index (χ0n) is 17.9. The predicted octanol–water partition coefficient (Wildman–Crippen LogP) is 6.23. The number of nitrogens with one attached hydrogen (secondary N) is 3. The van der Waals surface area contributed by atoms with Gasteiger partial charge in [-0.2, -0.15) is 0 Å². The Hall–Kier alpha value is -4.27. The molecule has 3 aromatic carbocycles. The van der Waals surface area contributed by atoms with Crippen molar-refractivity contribution in [1.29, 1.82) is 0 Å². The van der Waals surface area contributed by atoms with Crippen LogP contribution in [0.5, 0.6) is 5.75 Å². The molecule has 0 spiro atoms. The Morgan fingerprint density at radius 2 is 1.74 bits per heavy atom. The molecule has 0 atom stereocenters. The van der Waals surface area contributed by atoms with Crippen molar-refractivity contribution >= 4 is 33.4 Å². The number of alkyl halides is 3. The number of imidazole rings is 1. The first-order valence-electron chi connectivity index (χ1n) is 10.6. The molecular formula is C25H20F3N5O. The van der Waals surface area contributed by atoms with Gasteiger partial charge in [0.05, 0.1) is 22.9 Å². The molecule has 0 aliphatic heterocycles. The summed E-state index contributed by atoms with van der Waals surface area (Å²) < 4.78 is 42.1. The Labute approximate surface area is 192 Å². The molecule has 0 saturated heterocycles. The van der Waals surface area contributed by atoms with E-state index in [1.165, 1.54) is 12.1 Å². The summed E-state index contributed by atoms with van der Waals surface area (Å²) in [6.07, 6.45) is -3.07. The van der Waals surface area contributed by atoms with E-state index in [1.54, 1.807) is 24.5 Å². The van der Waals surface area contributed by atoms with Gasteiger partial charge < -0.3 is 20.4 Å². The third-order valence-electron chi connectivity index (χ3n) is 5.36. The number of fused-ring (bicyclic) bond motifs is 2. The third kappa shape index (κ3) is 4.88. The standard InChI is InChI=1S/C25H20F3N5O/c26-25(27,28)34-23-7-2-1-4-17(23)14-30-24-11-9-18-19(5-3-6-20(18)33-24)29-13-16-8-10-21-22(12-16)32-15-31-21/h1-12,15,29H,13-14H2,(H,30,33)(H,31,32). The Kier molecular flexibility index (Phi) is 5.67. The summed E-state index contributed by atoms with van der Waals surface area (Å²) in [5.74, 6) is 0.318. The number of aromatic nitrogens is 3. The van der Waals surface area contributed by atoms with E-state index < -0.39 is 6.36 Å². The lowest BCUT2D eigenvalue weighted by molar-refractivity contribution is -0.274. The molecule has 0 fully saturated rings. The van der Waals surface area contributed by atoms with Crippen molar-refractivity contribution in [3.05, 3.63) is 90.3 Å². The van der Waals surface area contributed by atoms with Crippen molar-refractivity contribution in [2.75, 3.05) is 10.6 Å². The van der Waals surface area contributed by atoms with Crippen molar-refractivity contribution in [2.24, 2.45) is 0 Å². The molecule has 0 amide bonds. The van der Waals surface area contributed by atoms with E-state index in [1.807, 2.05) is 42.5 Å². The fourth-order valence-corrected chi connectivity index (χ4v) is 3.75. The highest BCUT2D eigenvalue weighted by molar-refractivity contribution is 5.92. The first kappa shape index (κ1) is 21.6. The van der Waals surface area contributed by atoms with Gasteiger partial charge in [0.15, 0.2) is 0 Å². The summed E-state index contributed by atoms with van der Waals surface area (Å²) in [6, 6.07) is 21.6. The topological polar surface area (TPSA) is 74.9 Å². The molecule has 2 aromatic heterocycles. The number of pyridine rings is 1. The molecule has 5 aromatic rings. The number of hydrogen-bond acceptors (Lipinski definition) is 5. The van der Waals surface area contributed by atoms with E-state index in [0.29, 0.717) is 17.9 Å². The minimum Gasteiger partial charge on any atom is -0.405 e. The highest BCUT2D eigenvalue weighted by Crippen LogP contribution is 2.28. The van der Waals surface area contributed by atoms with Crippen LogP contribution in [-0.2, 0) is 13.1 Å². The molecule has 0 radical (unpaired) electrons. The molecular weight excluding hydrogens is 443 g/mol. The zero-order valence-corrected chi connectivity index (χ0v) is 17.9. The van der Waals surface area contributed by atoms with Gasteiger partial charge in [0.25, 0.3) is 0 Å². The van der Waals surface area contributed by atoms with E-state index in [-0.39, 0.29) is 12.3 Å². The Bertz CT molecular complexity index is 1450. The number of aromatic amines is 1. The van der Waals surface area contributed by atoms with Crippen LogP contribution in [0.25, 0.3) is 21.9 Å². The van der Waals surface area contributed by atoms with Crippen LogP contribution in [0.15, 0.2) is 79.1 Å². The van der Waals surface area contributed by atoms with Crippen molar-refractivity contribution in [3.8, 4) is 5.75 Å². The summed E-state index contributed by atoms with van der Waals surface area (Å²) in [7, 11) is 0. The average molecular weight is 463 g/mol. The van der Waals surface area contributed by atoms with Gasteiger partial charge in [-0.05, 0) is 48.0 Å². The summed E-state index contributed by atoms with van der Waals surface area (Å²) in [5.41, 5.74) is 5.08. The van der Waals surface area contributed by atoms with Crippen LogP contribution in [0.2, 0.25) is 0 Å². The zero-order chi connectivity index (χ0) is 23.5. The third-order valence-corrected chi connectivity index (χ3v) is 5.36. The number of rotatable bonds is 7. The first-order valence-corrected chi connectivity index (χ1v) is 10.6. The molecule has 2 heterocycles. The van der Waals surface area contributed by atoms with Crippen LogP contribution >= 0.6 is 0 Å². The maximum atomic E-state index is 12.7. The Morgan fingerprint density at radius 1 is 0.853 bits per heavy atom. The lowest BCUT2D eigenvalue weighted by Gasteiger charge is -2.14. The Morgan fingerprint density at radius 3 is 2.62 bits per heavy atom. The molecule has 34 heavy (non-hydrogen) atoms. The van der Waals surface area contributed by atoms with Crippen molar-refractivity contribution < 1.29 is 17.9 Å². The number of para-hydroxylation sites is 1. The number of H-pyrrole nitrogens is 1. The number of anilines is 2. The molecule has 0 saturated carbocycles. The van der Waals surface area contributed by atoms with Gasteiger partial charge in [-0.3, -0.25) is 0 Å². The van der Waals surface area contributed by atoms with Crippen LogP contribution in [-0.4, -0.2) is 21.3 Å². The normalized spacial score (nSPS) is 11.6. The number of benzene rings is 3. The van der Waals surface area contributed by atoms with E-state index in [2.05, 4.69) is 30.3 Å². The van der Waals surface area contributed by atoms with Crippen LogP contribution < -0.4 is 15.4 Å². The molecule has 6 nitrogen and oxygen atoms in total. The maximum absolute atomic E-state index is 12.7. The fourth-order valence-electron chi connectivity index (χ4n) is 3.75. The van der Waals surface area contributed by atoms with Crippen molar-refractivity contribution in [3.63, 3.8) is 0 Å². The monoisotopic (exact) mass is 463 g/mol. The molecule has 0 aliphatic rings. The number of hydrogen-bond donors (Lipinski definition) is 3. The second-order valence-corrected chi connectivity index (χ2v) is 7.69. The predicted molar refractivity (Wildman–Crippen MR) is 126 cm³/mol. The average Bonchev–Trinajstić information content (AvgIpc) is 3.29. The highest BCUT2D eigenvalue weighted by atomic mass is 19.4. The van der Waals surface area contributed by atoms with Crippen molar-refractivity contribution in [2.45, 2.75) is 19.5 Å². The SMILES string of the molecule is FC(F)(F)Oc1ccccc1CNc1ccc2c(NCc3ccc4[nH]cnc4c3)cccc2n1. The largest absolute Gasteiger partial charge is 0.573 e. The number of halogens is 3. The Balaban J connectivity index is 1.30. The minimum atomic E-state index is -4.75. The molecule has 5 rings (SSSR count). The fraction of sp³-hybridized carbons (Fsp3) is 0.120. The quantitative estimate of drug-likeness (QED) is 0.267. The van der Waals surface area contributed by atoms with Gasteiger partial charge in [-0.15, -0.1) is 13.2 Å². The van der Waals surface area contributed by atoms with Gasteiger partial charge in [0.1, 0.15) is 11.6 Å². The van der Waals surface area contributed by atoms with Gasteiger partial charge >= 0.3 is 6.36 Å². The summed E-state index contributed by atoms with van der Waals surface area (Å²) in [5, 5.41) is 7.47. The van der Waals surface area contributed by atoms with Crippen molar-refractivity contribution in [1.82, 2.24) is 15.0 Å². The molecule has 172 valence electrons. The molecule has 9 heteroatoms. The lowest BCUT2D eigenvalue weighted by atomic mass is 10.1. The van der Waals surface area contributed by atoms with Crippen LogP contribution in [0.4, 0.5) is 24.7 Å². The van der Waals surface area contributed by atoms with Crippen LogP contribution in [0, 0.1) is 0 Å². The van der Waals surface area contributed by atoms with E-state index in [9.17, 15) is 13.2 Å². The van der Waals surface area contributed by atoms with Crippen LogP contribution in [0.1, 0.15) is 11.1 Å². The summed E-state index contributed by atoms with van der Waals surface area (Å²) in [6.45, 7) is 0.760. The summed E-state index contributed by atoms with van der Waals surface area (Å²) in [4.78, 5) is 12.0. The lowest BCUT2D eigenvalue weighted by Crippen LogP contribution is -2.18. The highest BCUT2D eigenvalue weighted by Gasteiger charge is 2.31. The second kappa shape index (κ2) is 8.93. The minimum absolute atomic E-state index is 0.137.